The molecule has 0 saturated carbocycles. The Morgan fingerprint density at radius 1 is 1.05 bits per heavy atom. The quantitative estimate of drug-likeness (QED) is 0.340. The average Bonchev–Trinajstić information content (AvgIpc) is 2.27. The molecule has 0 spiro atoms. The molecular weight excluding hydrogens is 252 g/mol. The van der Waals surface area contributed by atoms with Gasteiger partial charge < -0.3 is 14.6 Å². The van der Waals surface area contributed by atoms with Crippen LogP contribution in [-0.4, -0.2) is 36.0 Å². The molecule has 0 amide bonds. The number of aliphatic hydroxyl groups excluding tert-OH is 1. The molecule has 0 bridgehead atoms. The second-order valence-corrected chi connectivity index (χ2v) is 3.55. The molecule has 19 heavy (non-hydrogen) atoms. The van der Waals surface area contributed by atoms with E-state index in [4.69, 9.17) is 4.74 Å². The van der Waals surface area contributed by atoms with Crippen molar-refractivity contribution in [2.75, 3.05) is 13.2 Å². The van der Waals surface area contributed by atoms with Crippen LogP contribution in [0, 0.1) is 0 Å². The van der Waals surface area contributed by atoms with Gasteiger partial charge in [0.2, 0.25) is 0 Å². The van der Waals surface area contributed by atoms with Gasteiger partial charge in [0.1, 0.15) is 5.76 Å². The van der Waals surface area contributed by atoms with Crippen molar-refractivity contribution >= 4 is 17.7 Å². The molecule has 0 aliphatic heterocycles. The third-order valence-corrected chi connectivity index (χ3v) is 2.03. The zero-order valence-electron chi connectivity index (χ0n) is 11.5. The van der Waals surface area contributed by atoms with Crippen molar-refractivity contribution in [3.05, 3.63) is 23.0 Å². The standard InChI is InChI=1S/C13H18O6/c1-5-18-11(16)7-10(13(17)19-6-2)12(8(3)14)9(4)15/h7,14H,5-6H2,1-4H3/b10-7+,12-8+. The first-order valence-electron chi connectivity index (χ1n) is 5.81. The van der Waals surface area contributed by atoms with Crippen molar-refractivity contribution in [3.63, 3.8) is 0 Å². The first kappa shape index (κ1) is 16.9. The number of hydrogen-bond donors (Lipinski definition) is 1. The summed E-state index contributed by atoms with van der Waals surface area (Å²) >= 11 is 0. The van der Waals surface area contributed by atoms with Gasteiger partial charge in [0.05, 0.1) is 24.4 Å². The van der Waals surface area contributed by atoms with Gasteiger partial charge >= 0.3 is 11.9 Å². The fourth-order valence-electron chi connectivity index (χ4n) is 1.38. The van der Waals surface area contributed by atoms with Gasteiger partial charge in [-0.3, -0.25) is 4.79 Å². The first-order valence-corrected chi connectivity index (χ1v) is 5.81. The molecule has 0 aromatic rings. The maximum atomic E-state index is 11.7. The number of hydrogen-bond acceptors (Lipinski definition) is 6. The van der Waals surface area contributed by atoms with Gasteiger partial charge in [-0.05, 0) is 27.7 Å². The number of aliphatic hydroxyl groups is 1. The zero-order valence-corrected chi connectivity index (χ0v) is 11.5. The SMILES string of the molecule is CCOC(=O)/C=C(C(=O)OCC)\C(C(C)=O)=C(/C)O. The van der Waals surface area contributed by atoms with Crippen LogP contribution in [-0.2, 0) is 23.9 Å². The summed E-state index contributed by atoms with van der Waals surface area (Å²) in [4.78, 5) is 34.6. The van der Waals surface area contributed by atoms with E-state index >= 15 is 0 Å². The number of carbonyl (C=O) groups is 3. The van der Waals surface area contributed by atoms with E-state index in [0.29, 0.717) is 0 Å². The Hall–Kier alpha value is -2.11. The van der Waals surface area contributed by atoms with E-state index in [1.165, 1.54) is 13.8 Å². The van der Waals surface area contributed by atoms with Crippen molar-refractivity contribution in [1.82, 2.24) is 0 Å². The van der Waals surface area contributed by atoms with Crippen molar-refractivity contribution in [2.45, 2.75) is 27.7 Å². The highest BCUT2D eigenvalue weighted by molar-refractivity contribution is 6.11. The van der Waals surface area contributed by atoms with Crippen molar-refractivity contribution in [1.29, 1.82) is 0 Å². The number of rotatable bonds is 6. The Balaban J connectivity index is 5.64. The topological polar surface area (TPSA) is 89.9 Å². The van der Waals surface area contributed by atoms with Crippen LogP contribution in [0.15, 0.2) is 23.0 Å². The Morgan fingerprint density at radius 3 is 1.95 bits per heavy atom. The Bertz CT molecular complexity index is 426. The van der Waals surface area contributed by atoms with Gasteiger partial charge in [-0.25, -0.2) is 9.59 Å². The van der Waals surface area contributed by atoms with Gasteiger partial charge in [-0.1, -0.05) is 0 Å². The number of Topliss-reactive ketones (excluding diaryl/α,β-unsaturated/α-hetero) is 1. The molecule has 0 unspecified atom stereocenters. The summed E-state index contributed by atoms with van der Waals surface area (Å²) < 4.78 is 9.42. The van der Waals surface area contributed by atoms with Crippen LogP contribution in [0.3, 0.4) is 0 Å². The summed E-state index contributed by atoms with van der Waals surface area (Å²) in [6, 6.07) is 0. The molecule has 0 aliphatic rings. The molecule has 106 valence electrons. The lowest BCUT2D eigenvalue weighted by molar-refractivity contribution is -0.140. The molecule has 0 rings (SSSR count). The Kier molecular flexibility index (Phi) is 7.18. The molecule has 0 aromatic heterocycles. The fraction of sp³-hybridized carbons (Fsp3) is 0.462. The minimum Gasteiger partial charge on any atom is -0.512 e. The molecule has 6 nitrogen and oxygen atoms in total. The predicted octanol–water partition coefficient (Wildman–Crippen LogP) is 1.46. The predicted molar refractivity (Wildman–Crippen MR) is 67.4 cm³/mol. The minimum atomic E-state index is -0.867. The van der Waals surface area contributed by atoms with Crippen LogP contribution >= 0.6 is 0 Å². The van der Waals surface area contributed by atoms with E-state index in [1.54, 1.807) is 13.8 Å². The first-order chi connectivity index (χ1) is 8.84. The molecule has 0 aromatic carbocycles. The van der Waals surface area contributed by atoms with E-state index in [-0.39, 0.29) is 30.1 Å². The molecule has 1 N–H and O–H groups in total. The number of allylic oxidation sites excluding steroid dienone is 1. The Labute approximate surface area is 111 Å². The van der Waals surface area contributed by atoms with E-state index in [1.807, 2.05) is 0 Å². The van der Waals surface area contributed by atoms with Crippen molar-refractivity contribution in [2.24, 2.45) is 0 Å². The molecule has 0 fully saturated rings. The van der Waals surface area contributed by atoms with Crippen molar-refractivity contribution < 1.29 is 29.0 Å². The zero-order chi connectivity index (χ0) is 15.0. The summed E-state index contributed by atoms with van der Waals surface area (Å²) in [5.74, 6) is -2.57. The van der Waals surface area contributed by atoms with Gasteiger partial charge in [0.15, 0.2) is 5.78 Å². The van der Waals surface area contributed by atoms with Gasteiger partial charge in [0, 0.05) is 6.08 Å². The molecule has 0 aliphatic carbocycles. The number of ketones is 1. The monoisotopic (exact) mass is 270 g/mol. The molecule has 0 radical (unpaired) electrons. The van der Waals surface area contributed by atoms with E-state index < -0.39 is 17.7 Å². The van der Waals surface area contributed by atoms with E-state index in [2.05, 4.69) is 4.74 Å². The van der Waals surface area contributed by atoms with Crippen LogP contribution in [0.25, 0.3) is 0 Å². The van der Waals surface area contributed by atoms with Crippen LogP contribution in [0.5, 0.6) is 0 Å². The lowest BCUT2D eigenvalue weighted by atomic mass is 10.0. The van der Waals surface area contributed by atoms with Crippen LogP contribution in [0.1, 0.15) is 27.7 Å². The summed E-state index contributed by atoms with van der Waals surface area (Å²) in [6.45, 7) is 5.82. The van der Waals surface area contributed by atoms with Gasteiger partial charge in [-0.2, -0.15) is 0 Å². The van der Waals surface area contributed by atoms with E-state index in [0.717, 1.165) is 6.08 Å². The smallest absolute Gasteiger partial charge is 0.339 e. The molecule has 6 heteroatoms. The number of ether oxygens (including phenoxy) is 2. The normalized spacial score (nSPS) is 12.5. The third-order valence-electron chi connectivity index (χ3n) is 2.03. The van der Waals surface area contributed by atoms with Crippen LogP contribution < -0.4 is 0 Å². The lowest BCUT2D eigenvalue weighted by Crippen LogP contribution is -2.17. The largest absolute Gasteiger partial charge is 0.512 e. The number of carbonyl (C=O) groups excluding carboxylic acids is 3. The summed E-state index contributed by atoms with van der Waals surface area (Å²) in [5.41, 5.74) is -0.570. The second-order valence-electron chi connectivity index (χ2n) is 3.55. The summed E-state index contributed by atoms with van der Waals surface area (Å²) in [5, 5.41) is 9.47. The average molecular weight is 270 g/mol. The molecule has 0 atom stereocenters. The highest BCUT2D eigenvalue weighted by Gasteiger charge is 2.23. The lowest BCUT2D eigenvalue weighted by Gasteiger charge is -2.09. The van der Waals surface area contributed by atoms with Crippen LogP contribution in [0.4, 0.5) is 0 Å². The third kappa shape index (κ3) is 5.37. The molecule has 0 heterocycles. The maximum Gasteiger partial charge on any atom is 0.339 e. The van der Waals surface area contributed by atoms with E-state index in [9.17, 15) is 19.5 Å². The number of esters is 2. The maximum absolute atomic E-state index is 11.7. The second kappa shape index (κ2) is 8.07. The summed E-state index contributed by atoms with van der Waals surface area (Å²) in [6.07, 6.45) is 0.845. The minimum absolute atomic E-state index is 0.0780. The van der Waals surface area contributed by atoms with Crippen molar-refractivity contribution in [3.8, 4) is 0 Å². The van der Waals surface area contributed by atoms with Crippen LogP contribution in [0.2, 0.25) is 0 Å². The highest BCUT2D eigenvalue weighted by Crippen LogP contribution is 2.17. The molecular formula is C13H18O6. The fourth-order valence-corrected chi connectivity index (χ4v) is 1.38. The highest BCUT2D eigenvalue weighted by atomic mass is 16.5. The Morgan fingerprint density at radius 2 is 1.58 bits per heavy atom. The van der Waals surface area contributed by atoms with Gasteiger partial charge in [-0.15, -0.1) is 0 Å². The molecule has 0 saturated heterocycles. The van der Waals surface area contributed by atoms with Gasteiger partial charge in [0.25, 0.3) is 0 Å². The summed E-state index contributed by atoms with van der Waals surface area (Å²) in [7, 11) is 0.